The number of hydrogen-bond donors (Lipinski definition) is 1. The summed E-state index contributed by atoms with van der Waals surface area (Å²) >= 11 is 0. The molecule has 0 radical (unpaired) electrons. The van der Waals surface area contributed by atoms with Crippen molar-refractivity contribution < 1.29 is 4.74 Å². The highest BCUT2D eigenvalue weighted by atomic mass is 16.5. The summed E-state index contributed by atoms with van der Waals surface area (Å²) in [5.74, 6) is 0. The van der Waals surface area contributed by atoms with Crippen molar-refractivity contribution in [3.63, 3.8) is 0 Å². The molecule has 0 amide bonds. The van der Waals surface area contributed by atoms with Crippen LogP contribution in [0, 0.1) is 0 Å². The summed E-state index contributed by atoms with van der Waals surface area (Å²) in [4.78, 5) is 6.72. The average molecular weight is 278 g/mol. The standard InChI is InChI=1S/C15H26N4O/c1-20-13-5-8-19(11-13)15-4-2-3-14(15)17-7-10-18-9-6-16-12-18/h6,9,12-15,17H,2-5,7-8,10-11H2,1H3/t13?,14-,15+/m1/s1. The van der Waals surface area contributed by atoms with E-state index in [0.717, 1.165) is 19.6 Å². The summed E-state index contributed by atoms with van der Waals surface area (Å²) in [6.45, 7) is 4.34. The Bertz CT molecular complexity index is 395. The first-order chi connectivity index (χ1) is 9.86. The van der Waals surface area contributed by atoms with E-state index >= 15 is 0 Å². The molecule has 20 heavy (non-hydrogen) atoms. The predicted octanol–water partition coefficient (Wildman–Crippen LogP) is 1.11. The van der Waals surface area contributed by atoms with E-state index in [4.69, 9.17) is 4.74 Å². The van der Waals surface area contributed by atoms with Gasteiger partial charge in [0.05, 0.1) is 12.4 Å². The van der Waals surface area contributed by atoms with Crippen LogP contribution in [0.3, 0.4) is 0 Å². The number of methoxy groups -OCH3 is 1. The topological polar surface area (TPSA) is 42.3 Å². The van der Waals surface area contributed by atoms with E-state index < -0.39 is 0 Å². The van der Waals surface area contributed by atoms with Crippen molar-refractivity contribution in [2.24, 2.45) is 0 Å². The average Bonchev–Trinajstić information content (AvgIpc) is 3.20. The Balaban J connectivity index is 1.46. The Kier molecular flexibility index (Phi) is 4.70. The Morgan fingerprint density at radius 3 is 3.05 bits per heavy atom. The first-order valence-corrected chi connectivity index (χ1v) is 7.83. The molecular formula is C15H26N4O. The van der Waals surface area contributed by atoms with E-state index in [2.05, 4.69) is 19.8 Å². The number of likely N-dealkylation sites (tertiary alicyclic amines) is 1. The van der Waals surface area contributed by atoms with E-state index in [1.807, 2.05) is 25.8 Å². The van der Waals surface area contributed by atoms with Crippen molar-refractivity contribution in [2.45, 2.75) is 50.4 Å². The summed E-state index contributed by atoms with van der Waals surface area (Å²) in [5.41, 5.74) is 0. The highest BCUT2D eigenvalue weighted by molar-refractivity contribution is 4.93. The zero-order valence-corrected chi connectivity index (χ0v) is 12.4. The molecule has 2 aliphatic rings. The van der Waals surface area contributed by atoms with Crippen molar-refractivity contribution >= 4 is 0 Å². The van der Waals surface area contributed by atoms with Crippen LogP contribution < -0.4 is 5.32 Å². The Morgan fingerprint density at radius 1 is 1.35 bits per heavy atom. The van der Waals surface area contributed by atoms with E-state index in [0.29, 0.717) is 18.2 Å². The summed E-state index contributed by atoms with van der Waals surface area (Å²) in [6, 6.07) is 1.35. The Morgan fingerprint density at radius 2 is 2.30 bits per heavy atom. The van der Waals surface area contributed by atoms with Gasteiger partial charge in [0.1, 0.15) is 0 Å². The smallest absolute Gasteiger partial charge is 0.0946 e. The molecule has 5 nitrogen and oxygen atoms in total. The second-order valence-corrected chi connectivity index (χ2v) is 6.00. The highest BCUT2D eigenvalue weighted by Crippen LogP contribution is 2.27. The maximum atomic E-state index is 5.49. The van der Waals surface area contributed by atoms with Gasteiger partial charge in [0.2, 0.25) is 0 Å². The van der Waals surface area contributed by atoms with Gasteiger partial charge in [-0.05, 0) is 19.3 Å². The Labute approximate surface area is 121 Å². The molecule has 1 saturated carbocycles. The molecular weight excluding hydrogens is 252 g/mol. The van der Waals surface area contributed by atoms with Crippen LogP contribution in [0.25, 0.3) is 0 Å². The second kappa shape index (κ2) is 6.70. The van der Waals surface area contributed by atoms with E-state index in [1.165, 1.54) is 32.2 Å². The van der Waals surface area contributed by atoms with Crippen molar-refractivity contribution in [3.8, 4) is 0 Å². The first kappa shape index (κ1) is 14.0. The lowest BCUT2D eigenvalue weighted by atomic mass is 10.1. The van der Waals surface area contributed by atoms with Gasteiger partial charge in [-0.25, -0.2) is 4.98 Å². The largest absolute Gasteiger partial charge is 0.380 e. The fourth-order valence-corrected chi connectivity index (χ4v) is 3.66. The van der Waals surface area contributed by atoms with Gasteiger partial charge in [0, 0.05) is 57.8 Å². The third-order valence-corrected chi connectivity index (χ3v) is 4.79. The molecule has 0 aromatic carbocycles. The quantitative estimate of drug-likeness (QED) is 0.846. The minimum absolute atomic E-state index is 0.446. The molecule has 1 aromatic rings. The molecule has 0 bridgehead atoms. The maximum Gasteiger partial charge on any atom is 0.0946 e. The van der Waals surface area contributed by atoms with Gasteiger partial charge >= 0.3 is 0 Å². The summed E-state index contributed by atoms with van der Waals surface area (Å²) in [7, 11) is 1.84. The fourth-order valence-electron chi connectivity index (χ4n) is 3.66. The number of ether oxygens (including phenoxy) is 1. The van der Waals surface area contributed by atoms with Crippen LogP contribution in [-0.2, 0) is 11.3 Å². The lowest BCUT2D eigenvalue weighted by Gasteiger charge is -2.30. The van der Waals surface area contributed by atoms with Gasteiger partial charge < -0.3 is 14.6 Å². The second-order valence-electron chi connectivity index (χ2n) is 6.00. The van der Waals surface area contributed by atoms with Crippen LogP contribution >= 0.6 is 0 Å². The van der Waals surface area contributed by atoms with Gasteiger partial charge in [0.25, 0.3) is 0 Å². The molecule has 1 saturated heterocycles. The number of imidazole rings is 1. The summed E-state index contributed by atoms with van der Waals surface area (Å²) in [5, 5.41) is 3.75. The molecule has 2 heterocycles. The van der Waals surface area contributed by atoms with E-state index in [9.17, 15) is 0 Å². The molecule has 3 rings (SSSR count). The molecule has 5 heteroatoms. The fraction of sp³-hybridized carbons (Fsp3) is 0.800. The number of nitrogens with zero attached hydrogens (tertiary/aromatic N) is 3. The van der Waals surface area contributed by atoms with Crippen LogP contribution in [0.2, 0.25) is 0 Å². The molecule has 1 unspecified atom stereocenters. The number of hydrogen-bond acceptors (Lipinski definition) is 4. The lowest BCUT2D eigenvalue weighted by Crippen LogP contribution is -2.47. The monoisotopic (exact) mass is 278 g/mol. The van der Waals surface area contributed by atoms with Crippen LogP contribution in [0.4, 0.5) is 0 Å². The molecule has 1 N–H and O–H groups in total. The van der Waals surface area contributed by atoms with E-state index in [1.54, 1.807) is 0 Å². The normalized spacial score (nSPS) is 31.1. The van der Waals surface area contributed by atoms with Gasteiger partial charge in [-0.1, -0.05) is 6.42 Å². The first-order valence-electron chi connectivity index (χ1n) is 7.83. The van der Waals surface area contributed by atoms with Crippen molar-refractivity contribution in [1.82, 2.24) is 19.8 Å². The number of rotatable bonds is 6. The molecule has 0 spiro atoms. The van der Waals surface area contributed by atoms with Crippen LogP contribution in [-0.4, -0.2) is 59.4 Å². The lowest BCUT2D eigenvalue weighted by molar-refractivity contribution is 0.0980. The van der Waals surface area contributed by atoms with Gasteiger partial charge in [0.15, 0.2) is 0 Å². The zero-order valence-electron chi connectivity index (χ0n) is 12.4. The molecule has 3 atom stereocenters. The molecule has 1 aliphatic carbocycles. The minimum Gasteiger partial charge on any atom is -0.380 e. The third kappa shape index (κ3) is 3.22. The van der Waals surface area contributed by atoms with Crippen LogP contribution in [0.15, 0.2) is 18.7 Å². The van der Waals surface area contributed by atoms with Crippen LogP contribution in [0.1, 0.15) is 25.7 Å². The highest BCUT2D eigenvalue weighted by Gasteiger charge is 2.35. The summed E-state index contributed by atoms with van der Waals surface area (Å²) in [6.07, 6.45) is 11.4. The zero-order chi connectivity index (χ0) is 13.8. The van der Waals surface area contributed by atoms with Crippen molar-refractivity contribution in [2.75, 3.05) is 26.7 Å². The minimum atomic E-state index is 0.446. The molecule has 2 fully saturated rings. The SMILES string of the molecule is COC1CCN([C@H]2CCC[C@H]2NCCn2ccnc2)C1. The van der Waals surface area contributed by atoms with Gasteiger partial charge in [-0.2, -0.15) is 0 Å². The van der Waals surface area contributed by atoms with Crippen molar-refractivity contribution in [3.05, 3.63) is 18.7 Å². The summed E-state index contributed by atoms with van der Waals surface area (Å²) < 4.78 is 7.63. The van der Waals surface area contributed by atoms with E-state index in [-0.39, 0.29) is 0 Å². The molecule has 1 aromatic heterocycles. The third-order valence-electron chi connectivity index (χ3n) is 4.79. The van der Waals surface area contributed by atoms with Crippen molar-refractivity contribution in [1.29, 1.82) is 0 Å². The molecule has 1 aliphatic heterocycles. The molecule has 112 valence electrons. The maximum absolute atomic E-state index is 5.49. The number of aromatic nitrogens is 2. The Hall–Kier alpha value is -0.910. The van der Waals surface area contributed by atoms with Crippen LogP contribution in [0.5, 0.6) is 0 Å². The van der Waals surface area contributed by atoms with Gasteiger partial charge in [-0.15, -0.1) is 0 Å². The number of nitrogens with one attached hydrogen (secondary N) is 1. The van der Waals surface area contributed by atoms with Gasteiger partial charge in [-0.3, -0.25) is 4.90 Å². The predicted molar refractivity (Wildman–Crippen MR) is 78.6 cm³/mol.